The first kappa shape index (κ1) is 59.1. The Morgan fingerprint density at radius 3 is 2.26 bits per heavy atom. The van der Waals surface area contributed by atoms with Crippen LogP contribution in [0.25, 0.3) is 10.4 Å². The number of para-hydroxylation sites is 1. The van der Waals surface area contributed by atoms with Crippen LogP contribution < -0.4 is 26.0 Å². The fourth-order valence-electron chi connectivity index (χ4n) is 9.05. The number of methoxy groups -OCH3 is 1. The third-order valence-corrected chi connectivity index (χ3v) is 17.2. The molecule has 2 aromatic heterocycles. The van der Waals surface area contributed by atoms with Gasteiger partial charge in [-0.05, 0) is 106 Å². The number of β-amino-alcohol motifs (C(OH)–C–C–N with tert-alkyl or cyclic N) is 1. The van der Waals surface area contributed by atoms with E-state index in [1.54, 1.807) is 68.5 Å². The number of anilines is 4. The van der Waals surface area contributed by atoms with Gasteiger partial charge in [0.1, 0.15) is 22.9 Å². The number of nitrogens with zero attached hydrogens (tertiary/aromatic N) is 5. The summed E-state index contributed by atoms with van der Waals surface area (Å²) in [5.41, 5.74) is 6.97. The molecule has 6 rings (SSSR count). The monoisotopic (exact) mass is 1100 g/mol. The topological polar surface area (TPSA) is 225 Å². The zero-order chi connectivity index (χ0) is 55.5. The molecule has 0 bridgehead atoms. The summed E-state index contributed by atoms with van der Waals surface area (Å²) in [6.45, 7) is 15.2. The maximum absolute atomic E-state index is 14.1. The molecule has 1 unspecified atom stereocenters. The number of hydrogen-bond acceptors (Lipinski definition) is 14. The van der Waals surface area contributed by atoms with Crippen LogP contribution in [0.3, 0.4) is 0 Å². The predicted molar refractivity (Wildman–Crippen MR) is 300 cm³/mol. The Labute approximate surface area is 456 Å². The highest BCUT2D eigenvalue weighted by atomic mass is 35.5. The highest BCUT2D eigenvalue weighted by Crippen LogP contribution is 2.35. The predicted octanol–water partition coefficient (Wildman–Crippen LogP) is 9.65. The number of halogens is 1. The average molecular weight is 1100 g/mol. The molecule has 0 spiro atoms. The highest BCUT2D eigenvalue weighted by molar-refractivity contribution is 7.92. The molecular weight excluding hydrogens is 1030 g/mol. The van der Waals surface area contributed by atoms with Crippen molar-refractivity contribution in [2.45, 2.75) is 148 Å². The Bertz CT molecular complexity index is 2950. The van der Waals surface area contributed by atoms with Crippen LogP contribution in [-0.2, 0) is 35.4 Å². The SMILES string of the molecule is COc1cc(CCN(C)C(=O)CCCCCCCC(=O)N[C@H](C(=O)N2C[C@H](O)CC2C(=O)N[C@@H](C)c2ccc(-c3scnc3C)cc2)C(C)(C)C)c(C)cc1Nc1ncc(Cl)c(Nc2ccccc2S(=O)(=O)C(C)C)n1. The van der Waals surface area contributed by atoms with Crippen molar-refractivity contribution in [3.63, 3.8) is 0 Å². The Hall–Kier alpha value is -6.15. The van der Waals surface area contributed by atoms with Crippen LogP contribution in [0.4, 0.5) is 23.1 Å². The number of benzene rings is 3. The summed E-state index contributed by atoms with van der Waals surface area (Å²) < 4.78 is 31.8. The molecule has 0 saturated carbocycles. The lowest BCUT2D eigenvalue weighted by atomic mass is 9.85. The van der Waals surface area contributed by atoms with E-state index in [-0.39, 0.29) is 64.8 Å². The first-order valence-corrected chi connectivity index (χ1v) is 28.7. The normalized spacial score (nSPS) is 15.5. The maximum atomic E-state index is 14.1. The van der Waals surface area contributed by atoms with E-state index >= 15 is 0 Å². The number of amides is 4. The number of rotatable bonds is 24. The maximum Gasteiger partial charge on any atom is 0.246 e. The number of carbonyl (C=O) groups is 4. The highest BCUT2D eigenvalue weighted by Gasteiger charge is 2.44. The van der Waals surface area contributed by atoms with Crippen molar-refractivity contribution in [3.8, 4) is 16.2 Å². The molecule has 0 aliphatic carbocycles. The fourth-order valence-corrected chi connectivity index (χ4v) is 11.2. The van der Waals surface area contributed by atoms with E-state index in [4.69, 9.17) is 16.3 Å². The van der Waals surface area contributed by atoms with Gasteiger partial charge in [-0.3, -0.25) is 19.2 Å². The molecule has 1 saturated heterocycles. The fraction of sp³-hybridized carbons (Fsp3) is 0.482. The molecule has 3 heterocycles. The molecule has 4 atom stereocenters. The van der Waals surface area contributed by atoms with E-state index in [2.05, 4.69) is 36.2 Å². The Morgan fingerprint density at radius 2 is 1.61 bits per heavy atom. The standard InChI is InChI=1S/C56H74ClN9O8S2/c1-34(2)76(72,73)47-19-17-16-18-43(47)61-52-42(57)31-58-55(64-52)62-44-28-35(3)40(29-46(44)74-10)26-27-65(9)49(69)21-15-13-11-12-14-20-48(68)63-51(56(6,7)8)54(71)66-32-41(67)30-45(66)53(70)60-36(4)38-22-24-39(25-23-38)50-37(5)59-33-75-50/h16-19,22-25,28-29,31,33-34,36,41,45,51,67H,11-15,20-21,26-27,30,32H2,1-10H3,(H,60,70)(H,63,68)(H2,58,61,62,64)/t36-,41+,45?,51+/m0/s1. The largest absolute Gasteiger partial charge is 0.495 e. The van der Waals surface area contributed by atoms with Crippen LogP contribution >= 0.6 is 22.9 Å². The number of sulfone groups is 1. The number of unbranched alkanes of at least 4 members (excludes halogenated alkanes) is 4. The molecule has 5 N–H and O–H groups in total. The molecule has 1 fully saturated rings. The molecule has 3 aromatic carbocycles. The second-order valence-electron chi connectivity index (χ2n) is 20.9. The number of aromatic nitrogens is 3. The minimum Gasteiger partial charge on any atom is -0.495 e. The summed E-state index contributed by atoms with van der Waals surface area (Å²) >= 11 is 8.04. The van der Waals surface area contributed by atoms with Crippen molar-refractivity contribution in [1.29, 1.82) is 0 Å². The smallest absolute Gasteiger partial charge is 0.246 e. The van der Waals surface area contributed by atoms with Gasteiger partial charge >= 0.3 is 0 Å². The Morgan fingerprint density at radius 1 is 0.921 bits per heavy atom. The number of thiazole rings is 1. The minimum atomic E-state index is -3.60. The van der Waals surface area contributed by atoms with Crippen molar-refractivity contribution in [1.82, 2.24) is 35.4 Å². The molecule has 0 radical (unpaired) electrons. The summed E-state index contributed by atoms with van der Waals surface area (Å²) in [4.78, 5) is 71.9. The van der Waals surface area contributed by atoms with E-state index in [9.17, 15) is 32.7 Å². The lowest BCUT2D eigenvalue weighted by Crippen LogP contribution is -2.57. The summed E-state index contributed by atoms with van der Waals surface area (Å²) in [5, 5.41) is 22.5. The first-order chi connectivity index (χ1) is 36.0. The number of likely N-dealkylation sites (tertiary alicyclic amines) is 1. The number of hydrogen-bond donors (Lipinski definition) is 5. The van der Waals surface area contributed by atoms with Crippen molar-refractivity contribution < 1.29 is 37.4 Å². The van der Waals surface area contributed by atoms with Gasteiger partial charge in [-0.25, -0.2) is 18.4 Å². The van der Waals surface area contributed by atoms with E-state index in [1.807, 2.05) is 83.5 Å². The van der Waals surface area contributed by atoms with Crippen molar-refractivity contribution in [3.05, 3.63) is 99.8 Å². The second-order valence-corrected chi connectivity index (χ2v) is 24.7. The summed E-state index contributed by atoms with van der Waals surface area (Å²) in [6.07, 6.45) is 5.67. The van der Waals surface area contributed by atoms with Crippen LogP contribution in [0.1, 0.15) is 121 Å². The average Bonchev–Trinajstić information content (AvgIpc) is 4.00. The van der Waals surface area contributed by atoms with Crippen LogP contribution in [0, 0.1) is 19.3 Å². The lowest BCUT2D eigenvalue weighted by molar-refractivity contribution is -0.144. The zero-order valence-electron chi connectivity index (χ0n) is 45.3. The molecule has 410 valence electrons. The number of carbonyl (C=O) groups excluding carboxylic acids is 4. The molecule has 17 nitrogen and oxygen atoms in total. The van der Waals surface area contributed by atoms with Gasteiger partial charge in [0.25, 0.3) is 0 Å². The molecule has 5 aromatic rings. The van der Waals surface area contributed by atoms with E-state index in [1.165, 1.54) is 11.1 Å². The minimum absolute atomic E-state index is 0.00375. The number of aliphatic hydroxyl groups excluding tert-OH is 1. The van der Waals surface area contributed by atoms with Gasteiger partial charge in [0, 0.05) is 39.4 Å². The number of aryl methyl sites for hydroxylation is 2. The second kappa shape index (κ2) is 26.3. The van der Waals surface area contributed by atoms with Crippen molar-refractivity contribution >= 4 is 79.5 Å². The van der Waals surface area contributed by atoms with Crippen LogP contribution in [0.5, 0.6) is 5.75 Å². The van der Waals surface area contributed by atoms with Gasteiger partial charge in [0.05, 0.1) is 63.1 Å². The summed E-state index contributed by atoms with van der Waals surface area (Å²) in [6, 6.07) is 16.2. The third kappa shape index (κ3) is 15.3. The Kier molecular flexibility index (Phi) is 20.4. The van der Waals surface area contributed by atoms with Gasteiger partial charge in [0.15, 0.2) is 15.7 Å². The molecule has 1 aliphatic rings. The van der Waals surface area contributed by atoms with Gasteiger partial charge < -0.3 is 40.9 Å². The molecular formula is C56H74ClN9O8S2. The van der Waals surface area contributed by atoms with Crippen molar-refractivity contribution in [2.75, 3.05) is 37.9 Å². The van der Waals surface area contributed by atoms with E-state index < -0.39 is 44.6 Å². The molecule has 1 aliphatic heterocycles. The lowest BCUT2D eigenvalue weighted by Gasteiger charge is -2.35. The van der Waals surface area contributed by atoms with Crippen LogP contribution in [-0.4, -0.2) is 113 Å². The summed E-state index contributed by atoms with van der Waals surface area (Å²) in [5.74, 6) is 0.00187. The molecule has 4 amide bonds. The van der Waals surface area contributed by atoms with Gasteiger partial charge in [0.2, 0.25) is 29.6 Å². The zero-order valence-corrected chi connectivity index (χ0v) is 47.7. The van der Waals surface area contributed by atoms with Gasteiger partial charge in [-0.1, -0.05) is 88.0 Å². The summed E-state index contributed by atoms with van der Waals surface area (Å²) in [7, 11) is -0.236. The van der Waals surface area contributed by atoms with E-state index in [0.717, 1.165) is 52.1 Å². The number of likely N-dealkylation sites (N-methyl/N-ethyl adjacent to an activating group) is 1. The quantitative estimate of drug-likeness (QED) is 0.0363. The van der Waals surface area contributed by atoms with Gasteiger partial charge in [-0.2, -0.15) is 4.98 Å². The molecule has 76 heavy (non-hydrogen) atoms. The van der Waals surface area contributed by atoms with Crippen LogP contribution in [0.2, 0.25) is 5.02 Å². The molecule has 20 heteroatoms. The van der Waals surface area contributed by atoms with Gasteiger partial charge in [-0.15, -0.1) is 11.3 Å². The number of aliphatic hydroxyl groups is 1. The van der Waals surface area contributed by atoms with Crippen LogP contribution in [0.15, 0.2) is 77.3 Å². The Balaban J connectivity index is 0.917. The van der Waals surface area contributed by atoms with Crippen molar-refractivity contribution in [2.24, 2.45) is 5.41 Å². The number of ether oxygens (including phenoxy) is 1. The first-order valence-electron chi connectivity index (χ1n) is 25.9. The van der Waals surface area contributed by atoms with E-state index in [0.29, 0.717) is 49.4 Å². The third-order valence-electron chi connectivity index (χ3n) is 13.7. The number of nitrogens with one attached hydrogen (secondary N) is 4.